The summed E-state index contributed by atoms with van der Waals surface area (Å²) in [4.78, 5) is 22.5. The first-order chi connectivity index (χ1) is 12.5. The molecule has 1 N–H and O–H groups in total. The lowest BCUT2D eigenvalue weighted by Crippen LogP contribution is -2.50. The minimum Gasteiger partial charge on any atom is -0.507 e. The number of benzene rings is 1. The number of carbonyl (C=O) groups excluding carboxylic acids is 2. The Hall–Kier alpha value is -2.10. The van der Waals surface area contributed by atoms with Crippen LogP contribution in [0.2, 0.25) is 0 Å². The molecule has 0 aliphatic heterocycles. The third kappa shape index (κ3) is 2.14. The Bertz CT molecular complexity index is 796. The van der Waals surface area contributed by atoms with E-state index < -0.39 is 5.60 Å². The maximum Gasteiger partial charge on any atom is 0.293 e. The molecule has 4 nitrogen and oxygen atoms in total. The van der Waals surface area contributed by atoms with E-state index in [0.29, 0.717) is 23.9 Å². The summed E-state index contributed by atoms with van der Waals surface area (Å²) in [5.74, 6) is 0.887. The second kappa shape index (κ2) is 5.97. The van der Waals surface area contributed by atoms with Crippen molar-refractivity contribution in [2.75, 3.05) is 0 Å². The van der Waals surface area contributed by atoms with Gasteiger partial charge in [0.25, 0.3) is 6.47 Å². The Morgan fingerprint density at radius 2 is 2.08 bits per heavy atom. The maximum absolute atomic E-state index is 11.3. The minimum atomic E-state index is -0.418. The van der Waals surface area contributed by atoms with Crippen molar-refractivity contribution in [2.24, 2.45) is 11.3 Å². The van der Waals surface area contributed by atoms with E-state index >= 15 is 0 Å². The summed E-state index contributed by atoms with van der Waals surface area (Å²) in [5, 5.41) is 10.0. The number of aromatic hydroxyl groups is 1. The van der Waals surface area contributed by atoms with Gasteiger partial charge in [-0.3, -0.25) is 9.59 Å². The van der Waals surface area contributed by atoms with E-state index in [4.69, 9.17) is 4.74 Å². The second-order valence-corrected chi connectivity index (χ2v) is 8.28. The number of rotatable bonds is 4. The van der Waals surface area contributed by atoms with Gasteiger partial charge in [0.1, 0.15) is 11.4 Å². The van der Waals surface area contributed by atoms with E-state index in [-0.39, 0.29) is 11.2 Å². The van der Waals surface area contributed by atoms with Gasteiger partial charge in [-0.1, -0.05) is 25.5 Å². The third-order valence-electron chi connectivity index (χ3n) is 7.52. The Labute approximate surface area is 154 Å². The van der Waals surface area contributed by atoms with E-state index in [1.54, 1.807) is 6.07 Å². The summed E-state index contributed by atoms with van der Waals surface area (Å²) in [6.07, 6.45) is 8.59. The van der Waals surface area contributed by atoms with Gasteiger partial charge < -0.3 is 9.84 Å². The highest BCUT2D eigenvalue weighted by Crippen LogP contribution is 2.63. The molecule has 0 spiro atoms. The molecule has 1 aromatic rings. The van der Waals surface area contributed by atoms with Gasteiger partial charge in [-0.2, -0.15) is 0 Å². The number of ether oxygens (including phenoxy) is 1. The van der Waals surface area contributed by atoms with Gasteiger partial charge in [0, 0.05) is 11.8 Å². The Morgan fingerprint density at radius 3 is 2.77 bits per heavy atom. The first kappa shape index (κ1) is 17.3. The van der Waals surface area contributed by atoms with Crippen molar-refractivity contribution in [2.45, 2.75) is 63.9 Å². The predicted octanol–water partition coefficient (Wildman–Crippen LogP) is 4.30. The van der Waals surface area contributed by atoms with Crippen LogP contribution in [0.4, 0.5) is 0 Å². The van der Waals surface area contributed by atoms with Crippen LogP contribution in [0.25, 0.3) is 0 Å². The molecular formula is C22H26O4. The molecule has 0 aromatic heterocycles. The van der Waals surface area contributed by atoms with Crippen molar-refractivity contribution in [3.63, 3.8) is 0 Å². The maximum atomic E-state index is 11.3. The molecule has 0 heterocycles. The molecule has 138 valence electrons. The van der Waals surface area contributed by atoms with Crippen molar-refractivity contribution in [3.8, 4) is 5.75 Å². The fourth-order valence-electron chi connectivity index (χ4n) is 6.03. The first-order valence-corrected chi connectivity index (χ1v) is 9.62. The molecular weight excluding hydrogens is 328 g/mol. The minimum absolute atomic E-state index is 0.0855. The standard InChI is InChI=1S/C22H26O4/c1-3-22(26-13-24)9-7-19-17-5-4-14-11-20(25)15(12-23)10-18(14)16(17)6-8-21(19,22)2/h7,10-13,16-17,25H,3-6,8-9H2,1-2H3/t16-,17+,21-,22?/m0/s1. The van der Waals surface area contributed by atoms with Crippen molar-refractivity contribution in [1.82, 2.24) is 0 Å². The average Bonchev–Trinajstić information content (AvgIpc) is 2.94. The van der Waals surface area contributed by atoms with Crippen LogP contribution in [-0.4, -0.2) is 23.5 Å². The fraction of sp³-hybridized carbons (Fsp3) is 0.545. The number of carbonyl (C=O) groups is 2. The van der Waals surface area contributed by atoms with Crippen molar-refractivity contribution >= 4 is 12.8 Å². The van der Waals surface area contributed by atoms with Gasteiger partial charge in [0.2, 0.25) is 0 Å². The van der Waals surface area contributed by atoms with E-state index in [1.807, 2.05) is 6.07 Å². The number of hydrogen-bond acceptors (Lipinski definition) is 4. The van der Waals surface area contributed by atoms with Gasteiger partial charge in [-0.15, -0.1) is 0 Å². The smallest absolute Gasteiger partial charge is 0.293 e. The topological polar surface area (TPSA) is 63.6 Å². The predicted molar refractivity (Wildman–Crippen MR) is 98.3 cm³/mol. The zero-order valence-electron chi connectivity index (χ0n) is 15.5. The number of fused-ring (bicyclic) bond motifs is 5. The highest BCUT2D eigenvalue weighted by atomic mass is 16.5. The summed E-state index contributed by atoms with van der Waals surface area (Å²) in [6.45, 7) is 4.98. The van der Waals surface area contributed by atoms with Crippen molar-refractivity contribution in [1.29, 1.82) is 0 Å². The fourth-order valence-corrected chi connectivity index (χ4v) is 6.03. The van der Waals surface area contributed by atoms with Gasteiger partial charge in [0.05, 0.1) is 5.56 Å². The molecule has 0 bridgehead atoms. The highest BCUT2D eigenvalue weighted by molar-refractivity contribution is 5.80. The normalized spacial score (nSPS) is 34.9. The van der Waals surface area contributed by atoms with Crippen molar-refractivity contribution in [3.05, 3.63) is 40.5 Å². The molecule has 3 aliphatic carbocycles. The van der Waals surface area contributed by atoms with Crippen LogP contribution < -0.4 is 0 Å². The molecule has 1 fully saturated rings. The SMILES string of the molecule is CCC1(OC=O)CC=C2[C@@H]3CCc4cc(O)c(C=O)cc4[C@H]3CC[C@@]21C. The summed E-state index contributed by atoms with van der Waals surface area (Å²) < 4.78 is 5.70. The third-order valence-corrected chi connectivity index (χ3v) is 7.52. The number of aryl methyl sites for hydroxylation is 1. The lowest BCUT2D eigenvalue weighted by atomic mass is 9.55. The quantitative estimate of drug-likeness (QED) is 0.647. The Kier molecular flexibility index (Phi) is 3.98. The molecule has 26 heavy (non-hydrogen) atoms. The number of aldehydes is 1. The lowest BCUT2D eigenvalue weighted by Gasteiger charge is -2.52. The molecule has 0 saturated heterocycles. The zero-order valence-corrected chi connectivity index (χ0v) is 15.5. The van der Waals surface area contributed by atoms with Gasteiger partial charge in [-0.05, 0) is 67.2 Å². The van der Waals surface area contributed by atoms with E-state index in [2.05, 4.69) is 19.9 Å². The largest absolute Gasteiger partial charge is 0.507 e. The van der Waals surface area contributed by atoms with Crippen LogP contribution in [0.5, 0.6) is 5.75 Å². The molecule has 4 rings (SSSR count). The van der Waals surface area contributed by atoms with Crippen LogP contribution >= 0.6 is 0 Å². The molecule has 4 heteroatoms. The van der Waals surface area contributed by atoms with Gasteiger partial charge >= 0.3 is 0 Å². The number of phenolic OH excluding ortho intramolecular Hbond substituents is 1. The monoisotopic (exact) mass is 354 g/mol. The van der Waals surface area contributed by atoms with Crippen LogP contribution in [0.3, 0.4) is 0 Å². The van der Waals surface area contributed by atoms with Crippen LogP contribution in [0.1, 0.15) is 73.4 Å². The summed E-state index contributed by atoms with van der Waals surface area (Å²) >= 11 is 0. The molecule has 3 aliphatic rings. The zero-order chi connectivity index (χ0) is 18.5. The lowest BCUT2D eigenvalue weighted by molar-refractivity contribution is -0.157. The van der Waals surface area contributed by atoms with Crippen molar-refractivity contribution < 1.29 is 19.4 Å². The Balaban J connectivity index is 1.74. The van der Waals surface area contributed by atoms with Crippen LogP contribution in [0.15, 0.2) is 23.8 Å². The van der Waals surface area contributed by atoms with Crippen LogP contribution in [0, 0.1) is 11.3 Å². The highest BCUT2D eigenvalue weighted by Gasteiger charge is 2.58. The van der Waals surface area contributed by atoms with E-state index in [1.165, 1.54) is 16.7 Å². The molecule has 0 amide bonds. The van der Waals surface area contributed by atoms with Gasteiger partial charge in [-0.25, -0.2) is 0 Å². The molecule has 4 atom stereocenters. The second-order valence-electron chi connectivity index (χ2n) is 8.28. The Morgan fingerprint density at radius 1 is 1.27 bits per heavy atom. The van der Waals surface area contributed by atoms with Gasteiger partial charge in [0.15, 0.2) is 6.29 Å². The molecule has 1 aromatic carbocycles. The molecule has 1 saturated carbocycles. The summed E-state index contributed by atoms with van der Waals surface area (Å²) in [5.41, 5.74) is 3.68. The first-order valence-electron chi connectivity index (χ1n) is 9.62. The molecule has 0 radical (unpaired) electrons. The van der Waals surface area contributed by atoms with E-state index in [9.17, 15) is 14.7 Å². The average molecular weight is 354 g/mol. The van der Waals surface area contributed by atoms with Crippen LogP contribution in [-0.2, 0) is 16.0 Å². The molecule has 1 unspecified atom stereocenters. The summed E-state index contributed by atoms with van der Waals surface area (Å²) in [6, 6.07) is 3.67. The number of hydrogen-bond donors (Lipinski definition) is 1. The summed E-state index contributed by atoms with van der Waals surface area (Å²) in [7, 11) is 0. The number of phenols is 1. The van der Waals surface area contributed by atoms with E-state index in [0.717, 1.165) is 44.8 Å².